The lowest BCUT2D eigenvalue weighted by molar-refractivity contribution is 0.116. The van der Waals surface area contributed by atoms with Crippen molar-refractivity contribution in [3.8, 4) is 0 Å². The summed E-state index contributed by atoms with van der Waals surface area (Å²) >= 11 is 0. The van der Waals surface area contributed by atoms with Gasteiger partial charge in [0.25, 0.3) is 0 Å². The number of urea groups is 1. The van der Waals surface area contributed by atoms with Gasteiger partial charge in [-0.3, -0.25) is 4.21 Å². The maximum absolute atomic E-state index is 12.9. The Morgan fingerprint density at radius 2 is 2.20 bits per heavy atom. The Morgan fingerprint density at radius 1 is 1.36 bits per heavy atom. The molecule has 2 amide bonds. The Hall–Kier alpha value is -1.30. The van der Waals surface area contributed by atoms with E-state index < -0.39 is 10.8 Å². The SMILES string of the molecule is CCS(=O)C1CCCC(NC(=O)N2CCC(C)CC2c2ccco2)C1. The second-order valence-corrected chi connectivity index (χ2v) is 9.46. The number of hydrogen-bond donors (Lipinski definition) is 1. The van der Waals surface area contributed by atoms with E-state index in [-0.39, 0.29) is 23.4 Å². The first-order chi connectivity index (χ1) is 12.1. The molecule has 2 aliphatic rings. The van der Waals surface area contributed by atoms with Crippen LogP contribution in [0.5, 0.6) is 0 Å². The minimum Gasteiger partial charge on any atom is -0.467 e. The van der Waals surface area contributed by atoms with Crippen molar-refractivity contribution in [3.05, 3.63) is 24.2 Å². The first-order valence-corrected chi connectivity index (χ1v) is 10.9. The first kappa shape index (κ1) is 18.5. The summed E-state index contributed by atoms with van der Waals surface area (Å²) in [6.07, 6.45) is 7.52. The molecule has 0 radical (unpaired) electrons. The lowest BCUT2D eigenvalue weighted by Gasteiger charge is -2.39. The van der Waals surface area contributed by atoms with Crippen molar-refractivity contribution in [2.45, 2.75) is 69.7 Å². The molecule has 1 saturated carbocycles. The van der Waals surface area contributed by atoms with Crippen LogP contribution in [-0.2, 0) is 10.8 Å². The molecule has 5 nitrogen and oxygen atoms in total. The number of amides is 2. The first-order valence-electron chi connectivity index (χ1n) is 9.56. The van der Waals surface area contributed by atoms with E-state index in [1.807, 2.05) is 24.0 Å². The van der Waals surface area contributed by atoms with Gasteiger partial charge in [0.1, 0.15) is 5.76 Å². The molecule has 25 heavy (non-hydrogen) atoms. The number of nitrogens with zero attached hydrogens (tertiary/aromatic N) is 1. The number of rotatable bonds is 4. The summed E-state index contributed by atoms with van der Waals surface area (Å²) in [7, 11) is -0.770. The third-order valence-electron chi connectivity index (χ3n) is 5.61. The van der Waals surface area contributed by atoms with Crippen molar-refractivity contribution in [2.24, 2.45) is 5.92 Å². The minimum absolute atomic E-state index is 0.00114. The molecule has 1 aromatic rings. The van der Waals surface area contributed by atoms with Gasteiger partial charge in [-0.1, -0.05) is 20.3 Å². The minimum atomic E-state index is -0.770. The largest absolute Gasteiger partial charge is 0.467 e. The molecular formula is C19H30N2O3S. The lowest BCUT2D eigenvalue weighted by atomic mass is 9.91. The van der Waals surface area contributed by atoms with Gasteiger partial charge in [-0.2, -0.15) is 0 Å². The predicted molar refractivity (Wildman–Crippen MR) is 99.8 cm³/mol. The molecule has 1 aliphatic heterocycles. The molecule has 5 atom stereocenters. The van der Waals surface area contributed by atoms with Gasteiger partial charge in [0.05, 0.1) is 12.3 Å². The van der Waals surface area contributed by atoms with Crippen LogP contribution in [0.2, 0.25) is 0 Å². The number of likely N-dealkylation sites (tertiary alicyclic amines) is 1. The summed E-state index contributed by atoms with van der Waals surface area (Å²) in [6, 6.07) is 4.00. The van der Waals surface area contributed by atoms with Crippen molar-refractivity contribution >= 4 is 16.8 Å². The molecule has 1 saturated heterocycles. The van der Waals surface area contributed by atoms with Crippen molar-refractivity contribution in [1.29, 1.82) is 0 Å². The van der Waals surface area contributed by atoms with Gasteiger partial charge in [0.2, 0.25) is 0 Å². The van der Waals surface area contributed by atoms with Crippen LogP contribution in [0.1, 0.15) is 64.2 Å². The van der Waals surface area contributed by atoms with Gasteiger partial charge in [-0.05, 0) is 50.2 Å². The molecule has 2 heterocycles. The summed E-state index contributed by atoms with van der Waals surface area (Å²) in [4.78, 5) is 14.9. The quantitative estimate of drug-likeness (QED) is 0.880. The van der Waals surface area contributed by atoms with Crippen LogP contribution in [0.25, 0.3) is 0 Å². The summed E-state index contributed by atoms with van der Waals surface area (Å²) in [5, 5.41) is 3.44. The van der Waals surface area contributed by atoms with Crippen molar-refractivity contribution in [1.82, 2.24) is 10.2 Å². The van der Waals surface area contributed by atoms with Crippen LogP contribution in [0.3, 0.4) is 0 Å². The molecule has 1 aliphatic carbocycles. The smallest absolute Gasteiger partial charge is 0.318 e. The van der Waals surface area contributed by atoms with Crippen molar-refractivity contribution in [2.75, 3.05) is 12.3 Å². The second kappa shape index (κ2) is 8.39. The van der Waals surface area contributed by atoms with Crippen LogP contribution in [0.4, 0.5) is 4.79 Å². The molecule has 1 aromatic heterocycles. The third-order valence-corrected chi connectivity index (χ3v) is 7.35. The fraction of sp³-hybridized carbons (Fsp3) is 0.737. The van der Waals surface area contributed by atoms with E-state index in [1.54, 1.807) is 6.26 Å². The highest BCUT2D eigenvalue weighted by Gasteiger charge is 2.34. The van der Waals surface area contributed by atoms with Crippen molar-refractivity contribution < 1.29 is 13.4 Å². The van der Waals surface area contributed by atoms with Gasteiger partial charge in [0.15, 0.2) is 0 Å². The summed E-state index contributed by atoms with van der Waals surface area (Å²) in [6.45, 7) is 4.97. The molecule has 0 spiro atoms. The molecular weight excluding hydrogens is 336 g/mol. The van der Waals surface area contributed by atoms with E-state index in [4.69, 9.17) is 4.42 Å². The maximum atomic E-state index is 12.9. The average Bonchev–Trinajstić information content (AvgIpc) is 3.15. The normalized spacial score (nSPS) is 31.5. The zero-order valence-corrected chi connectivity index (χ0v) is 16.1. The topological polar surface area (TPSA) is 62.6 Å². The van der Waals surface area contributed by atoms with Crippen LogP contribution < -0.4 is 5.32 Å². The van der Waals surface area contributed by atoms with Gasteiger partial charge in [0, 0.05) is 34.4 Å². The fourth-order valence-corrected chi connectivity index (χ4v) is 5.49. The van der Waals surface area contributed by atoms with Crippen LogP contribution in [0.15, 0.2) is 22.8 Å². The Morgan fingerprint density at radius 3 is 2.92 bits per heavy atom. The Kier molecular flexibility index (Phi) is 6.20. The van der Waals surface area contributed by atoms with E-state index in [2.05, 4.69) is 12.2 Å². The summed E-state index contributed by atoms with van der Waals surface area (Å²) < 4.78 is 17.7. The molecule has 6 heteroatoms. The molecule has 2 fully saturated rings. The summed E-state index contributed by atoms with van der Waals surface area (Å²) in [5.41, 5.74) is 0. The number of furan rings is 1. The highest BCUT2D eigenvalue weighted by atomic mass is 32.2. The Labute approximate surface area is 153 Å². The predicted octanol–water partition coefficient (Wildman–Crippen LogP) is 3.84. The number of carbonyl (C=O) groups is 1. The lowest BCUT2D eigenvalue weighted by Crippen LogP contribution is -2.50. The highest BCUT2D eigenvalue weighted by Crippen LogP contribution is 2.34. The van der Waals surface area contributed by atoms with Crippen LogP contribution in [-0.4, -0.2) is 38.7 Å². The zero-order valence-electron chi connectivity index (χ0n) is 15.3. The van der Waals surface area contributed by atoms with Crippen LogP contribution >= 0.6 is 0 Å². The molecule has 5 unspecified atom stereocenters. The number of piperidine rings is 1. The van der Waals surface area contributed by atoms with E-state index >= 15 is 0 Å². The van der Waals surface area contributed by atoms with Gasteiger partial charge in [-0.15, -0.1) is 0 Å². The molecule has 0 aromatic carbocycles. The Balaban J connectivity index is 1.64. The molecule has 0 bridgehead atoms. The third kappa shape index (κ3) is 4.46. The summed E-state index contributed by atoms with van der Waals surface area (Å²) in [5.74, 6) is 2.16. The van der Waals surface area contributed by atoms with E-state index in [9.17, 15) is 9.00 Å². The Bertz CT molecular complexity index is 589. The van der Waals surface area contributed by atoms with Crippen LogP contribution in [0, 0.1) is 5.92 Å². The number of carbonyl (C=O) groups excluding carboxylic acids is 1. The van der Waals surface area contributed by atoms with E-state index in [1.165, 1.54) is 0 Å². The monoisotopic (exact) mass is 366 g/mol. The molecule has 1 N–H and O–H groups in total. The number of nitrogens with one attached hydrogen (secondary N) is 1. The second-order valence-electron chi connectivity index (χ2n) is 7.46. The zero-order chi connectivity index (χ0) is 17.8. The van der Waals surface area contributed by atoms with Gasteiger partial charge in [-0.25, -0.2) is 4.79 Å². The van der Waals surface area contributed by atoms with Gasteiger partial charge < -0.3 is 14.6 Å². The van der Waals surface area contributed by atoms with Gasteiger partial charge >= 0.3 is 6.03 Å². The highest BCUT2D eigenvalue weighted by molar-refractivity contribution is 7.85. The van der Waals surface area contributed by atoms with Crippen molar-refractivity contribution in [3.63, 3.8) is 0 Å². The van der Waals surface area contributed by atoms with E-state index in [0.717, 1.165) is 50.8 Å². The average molecular weight is 367 g/mol. The number of hydrogen-bond acceptors (Lipinski definition) is 3. The maximum Gasteiger partial charge on any atom is 0.318 e. The molecule has 3 rings (SSSR count). The molecule has 140 valence electrons. The van der Waals surface area contributed by atoms with E-state index in [0.29, 0.717) is 11.7 Å². The fourth-order valence-electron chi connectivity index (χ4n) is 4.14. The standard InChI is InChI=1S/C19H30N2O3S/c1-3-25(23)16-7-4-6-15(13-16)20-19(22)21-10-9-14(2)12-17(21)18-8-5-11-24-18/h5,8,11,14-17H,3-4,6-7,9-10,12-13H2,1-2H3,(H,20,22).